The third kappa shape index (κ3) is 5.88. The van der Waals surface area contributed by atoms with Gasteiger partial charge in [-0.05, 0) is 56.7 Å². The van der Waals surface area contributed by atoms with Gasteiger partial charge in [0.05, 0.1) is 24.3 Å². The van der Waals surface area contributed by atoms with Crippen LogP contribution in [0.25, 0.3) is 0 Å². The van der Waals surface area contributed by atoms with Crippen molar-refractivity contribution in [2.75, 3.05) is 24.6 Å². The molecule has 3 aromatic carbocycles. The number of nitrogens with one attached hydrogen (secondary N) is 1. The van der Waals surface area contributed by atoms with E-state index in [0.29, 0.717) is 23.8 Å². The second-order valence-electron chi connectivity index (χ2n) is 7.82. The van der Waals surface area contributed by atoms with Gasteiger partial charge >= 0.3 is 0 Å². The molecule has 1 amide bonds. The highest BCUT2D eigenvalue weighted by Crippen LogP contribution is 2.33. The van der Waals surface area contributed by atoms with Crippen molar-refractivity contribution in [1.29, 1.82) is 0 Å². The van der Waals surface area contributed by atoms with Crippen molar-refractivity contribution in [3.63, 3.8) is 0 Å². The Hall–Kier alpha value is -3.52. The lowest BCUT2D eigenvalue weighted by molar-refractivity contribution is -0.119. The van der Waals surface area contributed by atoms with Crippen LogP contribution >= 0.6 is 0 Å². The number of anilines is 1. The Bertz CT molecular complexity index is 1240. The SMILES string of the molecule is CCOc1ccccc1CNC(=O)CN(c1cc(C)ccc1OC)S(=O)(=O)c1ccc(C)cc1. The number of hydrogen-bond donors (Lipinski definition) is 1. The molecule has 0 saturated carbocycles. The molecule has 0 aromatic heterocycles. The van der Waals surface area contributed by atoms with Crippen molar-refractivity contribution in [1.82, 2.24) is 5.32 Å². The van der Waals surface area contributed by atoms with Crippen LogP contribution in [0, 0.1) is 13.8 Å². The summed E-state index contributed by atoms with van der Waals surface area (Å²) in [5.74, 6) is 0.580. The summed E-state index contributed by atoms with van der Waals surface area (Å²) in [6, 6.07) is 19.1. The van der Waals surface area contributed by atoms with E-state index in [4.69, 9.17) is 9.47 Å². The average molecular weight is 483 g/mol. The summed E-state index contributed by atoms with van der Waals surface area (Å²) in [7, 11) is -2.58. The van der Waals surface area contributed by atoms with E-state index in [1.807, 2.05) is 51.1 Å². The number of aryl methyl sites for hydroxylation is 2. The maximum absolute atomic E-state index is 13.6. The predicted octanol–water partition coefficient (Wildman–Crippen LogP) is 4.22. The van der Waals surface area contributed by atoms with Crippen LogP contribution in [-0.4, -0.2) is 34.6 Å². The van der Waals surface area contributed by atoms with E-state index < -0.39 is 22.5 Å². The van der Waals surface area contributed by atoms with Crippen LogP contribution in [0.5, 0.6) is 11.5 Å². The summed E-state index contributed by atoms with van der Waals surface area (Å²) in [4.78, 5) is 13.1. The van der Waals surface area contributed by atoms with E-state index in [0.717, 1.165) is 21.0 Å². The van der Waals surface area contributed by atoms with Crippen molar-refractivity contribution in [3.05, 3.63) is 83.4 Å². The minimum absolute atomic E-state index is 0.0937. The van der Waals surface area contributed by atoms with Gasteiger partial charge in [-0.25, -0.2) is 8.42 Å². The molecule has 0 aliphatic heterocycles. The van der Waals surface area contributed by atoms with Crippen molar-refractivity contribution in [3.8, 4) is 11.5 Å². The van der Waals surface area contributed by atoms with Crippen LogP contribution in [0.2, 0.25) is 0 Å². The Balaban J connectivity index is 1.93. The first-order valence-corrected chi connectivity index (χ1v) is 12.4. The molecule has 8 heteroatoms. The largest absolute Gasteiger partial charge is 0.495 e. The number of hydrogen-bond acceptors (Lipinski definition) is 5. The van der Waals surface area contributed by atoms with Crippen LogP contribution in [0.3, 0.4) is 0 Å². The van der Waals surface area contributed by atoms with Gasteiger partial charge in [-0.3, -0.25) is 9.10 Å². The monoisotopic (exact) mass is 482 g/mol. The summed E-state index contributed by atoms with van der Waals surface area (Å²) < 4.78 is 39.4. The first-order valence-electron chi connectivity index (χ1n) is 11.0. The Kier molecular flexibility index (Phi) is 8.17. The topological polar surface area (TPSA) is 84.9 Å². The second kappa shape index (κ2) is 11.1. The number of amides is 1. The van der Waals surface area contributed by atoms with Crippen LogP contribution in [0.15, 0.2) is 71.6 Å². The summed E-state index contributed by atoms with van der Waals surface area (Å²) in [5.41, 5.74) is 2.88. The van der Waals surface area contributed by atoms with E-state index in [9.17, 15) is 13.2 Å². The van der Waals surface area contributed by atoms with E-state index in [-0.39, 0.29) is 11.4 Å². The fraction of sp³-hybridized carbons (Fsp3) is 0.269. The lowest BCUT2D eigenvalue weighted by Gasteiger charge is -2.26. The zero-order valence-electron chi connectivity index (χ0n) is 19.9. The Morgan fingerprint density at radius 2 is 1.62 bits per heavy atom. The molecule has 0 heterocycles. The maximum Gasteiger partial charge on any atom is 0.264 e. The number of benzene rings is 3. The fourth-order valence-electron chi connectivity index (χ4n) is 3.46. The molecule has 0 unspecified atom stereocenters. The third-order valence-electron chi connectivity index (χ3n) is 5.25. The van der Waals surface area contributed by atoms with E-state index in [1.54, 1.807) is 24.3 Å². The summed E-state index contributed by atoms with van der Waals surface area (Å²) in [6.45, 7) is 5.92. The normalized spacial score (nSPS) is 11.1. The first-order chi connectivity index (χ1) is 16.3. The zero-order chi connectivity index (χ0) is 24.7. The highest BCUT2D eigenvalue weighted by atomic mass is 32.2. The molecule has 1 N–H and O–H groups in total. The summed E-state index contributed by atoms with van der Waals surface area (Å²) >= 11 is 0. The number of carbonyl (C=O) groups is 1. The van der Waals surface area contributed by atoms with Crippen LogP contribution in [0.4, 0.5) is 5.69 Å². The molecule has 0 aliphatic rings. The van der Waals surface area contributed by atoms with Gasteiger partial charge in [0.2, 0.25) is 5.91 Å². The van der Waals surface area contributed by atoms with E-state index in [1.165, 1.54) is 19.2 Å². The van der Waals surface area contributed by atoms with Crippen LogP contribution < -0.4 is 19.1 Å². The molecule has 0 aliphatic carbocycles. The van der Waals surface area contributed by atoms with Gasteiger partial charge in [-0.2, -0.15) is 0 Å². The highest BCUT2D eigenvalue weighted by Gasteiger charge is 2.29. The lowest BCUT2D eigenvalue weighted by Crippen LogP contribution is -2.41. The van der Waals surface area contributed by atoms with E-state index in [2.05, 4.69) is 5.32 Å². The van der Waals surface area contributed by atoms with Crippen molar-refractivity contribution < 1.29 is 22.7 Å². The van der Waals surface area contributed by atoms with Crippen molar-refractivity contribution in [2.24, 2.45) is 0 Å². The molecule has 3 rings (SSSR count). The van der Waals surface area contributed by atoms with Crippen LogP contribution in [0.1, 0.15) is 23.6 Å². The molecular weight excluding hydrogens is 452 g/mol. The minimum atomic E-state index is -4.05. The standard InChI is InChI=1S/C26H30N2O5S/c1-5-33-24-9-7-6-8-21(24)17-27-26(29)18-28(23-16-20(3)12-15-25(23)32-4)34(30,31)22-13-10-19(2)11-14-22/h6-16H,5,17-18H2,1-4H3,(H,27,29). The van der Waals surface area contributed by atoms with Gasteiger partial charge in [-0.1, -0.05) is 42.0 Å². The fourth-order valence-corrected chi connectivity index (χ4v) is 4.88. The van der Waals surface area contributed by atoms with Gasteiger partial charge in [0.15, 0.2) is 0 Å². The number of rotatable bonds is 10. The quantitative estimate of drug-likeness (QED) is 0.468. The van der Waals surface area contributed by atoms with Crippen molar-refractivity contribution >= 4 is 21.6 Å². The number of sulfonamides is 1. The zero-order valence-corrected chi connectivity index (χ0v) is 20.7. The number of nitrogens with zero attached hydrogens (tertiary/aromatic N) is 1. The number of para-hydroxylation sites is 1. The first kappa shape index (κ1) is 25.1. The van der Waals surface area contributed by atoms with Crippen LogP contribution in [-0.2, 0) is 21.4 Å². The molecule has 0 fully saturated rings. The Morgan fingerprint density at radius 1 is 0.941 bits per heavy atom. The molecule has 0 bridgehead atoms. The maximum atomic E-state index is 13.6. The molecule has 34 heavy (non-hydrogen) atoms. The highest BCUT2D eigenvalue weighted by molar-refractivity contribution is 7.92. The van der Waals surface area contributed by atoms with Gasteiger partial charge in [0.1, 0.15) is 18.0 Å². The smallest absolute Gasteiger partial charge is 0.264 e. The lowest BCUT2D eigenvalue weighted by atomic mass is 10.2. The Morgan fingerprint density at radius 3 is 2.29 bits per heavy atom. The number of methoxy groups -OCH3 is 1. The molecule has 0 radical (unpaired) electrons. The second-order valence-corrected chi connectivity index (χ2v) is 9.68. The molecule has 7 nitrogen and oxygen atoms in total. The molecular formula is C26H30N2O5S. The summed E-state index contributed by atoms with van der Waals surface area (Å²) in [6.07, 6.45) is 0. The van der Waals surface area contributed by atoms with Crippen molar-refractivity contribution in [2.45, 2.75) is 32.2 Å². The molecule has 0 saturated heterocycles. The number of ether oxygens (including phenoxy) is 2. The number of carbonyl (C=O) groups excluding carboxylic acids is 1. The predicted molar refractivity (Wildman–Crippen MR) is 133 cm³/mol. The van der Waals surface area contributed by atoms with E-state index >= 15 is 0 Å². The van der Waals surface area contributed by atoms with Gasteiger partial charge in [-0.15, -0.1) is 0 Å². The average Bonchev–Trinajstić information content (AvgIpc) is 2.82. The minimum Gasteiger partial charge on any atom is -0.495 e. The summed E-state index contributed by atoms with van der Waals surface area (Å²) in [5, 5.41) is 2.82. The third-order valence-corrected chi connectivity index (χ3v) is 7.02. The Labute approximate surface area is 201 Å². The van der Waals surface area contributed by atoms with Gasteiger partial charge in [0, 0.05) is 12.1 Å². The molecule has 0 spiro atoms. The van der Waals surface area contributed by atoms with Gasteiger partial charge < -0.3 is 14.8 Å². The van der Waals surface area contributed by atoms with Gasteiger partial charge in [0.25, 0.3) is 10.0 Å². The molecule has 3 aromatic rings. The molecule has 0 atom stereocenters. The molecule has 180 valence electrons.